The average molecular weight is 251 g/mol. The molecule has 0 nitrogen and oxygen atoms in total. The van der Waals surface area contributed by atoms with Crippen molar-refractivity contribution in [3.8, 4) is 10.4 Å². The second kappa shape index (κ2) is 5.59. The van der Waals surface area contributed by atoms with Crippen molar-refractivity contribution in [2.75, 3.05) is 0 Å². The van der Waals surface area contributed by atoms with Gasteiger partial charge in [0.25, 0.3) is 0 Å². The van der Waals surface area contributed by atoms with E-state index >= 15 is 0 Å². The van der Waals surface area contributed by atoms with Crippen LogP contribution in [0.25, 0.3) is 10.4 Å². The molecule has 0 bridgehead atoms. The summed E-state index contributed by atoms with van der Waals surface area (Å²) in [5.74, 6) is 0. The van der Waals surface area contributed by atoms with Crippen LogP contribution < -0.4 is 0 Å². The molecule has 0 aliphatic carbocycles. The first-order chi connectivity index (χ1) is 6.27. The predicted octanol–water partition coefficient (Wildman–Crippen LogP) is 3.71. The van der Waals surface area contributed by atoms with Crippen molar-refractivity contribution in [3.63, 3.8) is 0 Å². The molecule has 0 aliphatic heterocycles. The van der Waals surface area contributed by atoms with E-state index in [1.165, 1.54) is 0 Å². The first-order valence-electron chi connectivity index (χ1n) is 3.80. The van der Waals surface area contributed by atoms with Crippen molar-refractivity contribution < 1.29 is 0 Å². The van der Waals surface area contributed by atoms with Crippen molar-refractivity contribution in [1.82, 2.24) is 0 Å². The number of thiol groups is 1. The van der Waals surface area contributed by atoms with Crippen LogP contribution in [-0.2, 0) is 0 Å². The maximum atomic E-state index is 5.85. The zero-order valence-electron chi connectivity index (χ0n) is 6.70. The molecule has 0 unspecified atom stereocenters. The van der Waals surface area contributed by atoms with Crippen LogP contribution in [0, 0.1) is 0 Å². The van der Waals surface area contributed by atoms with E-state index in [-0.39, 0.29) is 29.6 Å². The molecule has 2 rings (SSSR count). The van der Waals surface area contributed by atoms with E-state index in [0.29, 0.717) is 0 Å². The number of hydrogen-bond donors (Lipinski definition) is 1. The van der Waals surface area contributed by atoms with Gasteiger partial charge in [0.05, 0.1) is 5.02 Å². The van der Waals surface area contributed by atoms with Gasteiger partial charge in [0.15, 0.2) is 0 Å². The van der Waals surface area contributed by atoms with Crippen molar-refractivity contribution >= 4 is 65.1 Å². The Morgan fingerprint density at radius 2 is 1.93 bits per heavy atom. The Morgan fingerprint density at radius 1 is 1.21 bits per heavy atom. The molecule has 2 aromatic rings. The molecule has 1 aromatic carbocycles. The number of hydrogen-bond acceptors (Lipinski definition) is 2. The summed E-state index contributed by atoms with van der Waals surface area (Å²) in [6.07, 6.45) is 0. The number of rotatable bonds is 1. The number of thiophene rings is 1. The van der Waals surface area contributed by atoms with Crippen LogP contribution in [0.3, 0.4) is 0 Å². The normalized spacial score (nSPS) is 9.57. The summed E-state index contributed by atoms with van der Waals surface area (Å²) in [4.78, 5) is 2.15. The quantitative estimate of drug-likeness (QED) is 0.579. The molecule has 0 radical (unpaired) electrons. The van der Waals surface area contributed by atoms with Crippen LogP contribution >= 0.6 is 35.6 Å². The summed E-state index contributed by atoms with van der Waals surface area (Å²) >= 11 is 11.9. The molecule has 1 heterocycles. The molecule has 0 N–H and O–H groups in total. The molecule has 4 heteroatoms. The number of benzene rings is 1. The van der Waals surface area contributed by atoms with Gasteiger partial charge < -0.3 is 0 Å². The Kier molecular flexibility index (Phi) is 5.04. The average Bonchev–Trinajstić information content (AvgIpc) is 2.53. The van der Waals surface area contributed by atoms with Gasteiger partial charge in [0.2, 0.25) is 0 Å². The molecule has 68 valence electrons. The predicted molar refractivity (Wildman–Crippen MR) is 69.2 cm³/mol. The van der Waals surface area contributed by atoms with Crippen LogP contribution in [0.4, 0.5) is 0 Å². The van der Waals surface area contributed by atoms with Crippen molar-refractivity contribution in [2.45, 2.75) is 4.90 Å². The fourth-order valence-corrected chi connectivity index (χ4v) is 2.61. The third-order valence-corrected chi connectivity index (χ3v) is 3.44. The van der Waals surface area contributed by atoms with Gasteiger partial charge in [0.1, 0.15) is 0 Å². The molecule has 0 amide bonds. The van der Waals surface area contributed by atoms with Gasteiger partial charge in [-0.2, -0.15) is 0 Å². The van der Waals surface area contributed by atoms with E-state index < -0.39 is 0 Å². The molecule has 0 spiro atoms. The third-order valence-electron chi connectivity index (χ3n) is 1.74. The second-order valence-electron chi connectivity index (χ2n) is 2.65. The minimum absolute atomic E-state index is 0. The molecule has 0 saturated carbocycles. The van der Waals surface area contributed by atoms with Gasteiger partial charge in [-0.1, -0.05) is 29.8 Å². The molecule has 14 heavy (non-hydrogen) atoms. The van der Waals surface area contributed by atoms with Crippen molar-refractivity contribution in [1.29, 1.82) is 0 Å². The van der Waals surface area contributed by atoms with E-state index in [2.05, 4.69) is 12.6 Å². The molecule has 0 fully saturated rings. The molecule has 0 saturated heterocycles. The second-order valence-corrected chi connectivity index (χ2v) is 4.48. The van der Waals surface area contributed by atoms with E-state index in [0.717, 1.165) is 20.4 Å². The van der Waals surface area contributed by atoms with Gasteiger partial charge in [-0.25, -0.2) is 0 Å². The van der Waals surface area contributed by atoms with Gasteiger partial charge >= 0.3 is 29.6 Å². The van der Waals surface area contributed by atoms with E-state index in [1.807, 2.05) is 35.7 Å². The molecule has 0 aliphatic rings. The van der Waals surface area contributed by atoms with Crippen LogP contribution in [0.2, 0.25) is 5.02 Å². The Bertz CT molecular complexity index is 426. The summed E-state index contributed by atoms with van der Waals surface area (Å²) < 4.78 is 0. The first-order valence-corrected chi connectivity index (χ1v) is 5.50. The first kappa shape index (κ1) is 12.6. The van der Waals surface area contributed by atoms with Gasteiger partial charge in [0, 0.05) is 20.7 Å². The van der Waals surface area contributed by atoms with Crippen LogP contribution in [0.5, 0.6) is 0 Å². The molecular formula is C10H8ClNaS2. The molecular weight excluding hydrogens is 243 g/mol. The van der Waals surface area contributed by atoms with E-state index in [9.17, 15) is 0 Å². The zero-order valence-corrected chi connectivity index (χ0v) is 9.16. The summed E-state index contributed by atoms with van der Waals surface area (Å²) in [6, 6.07) is 9.96. The van der Waals surface area contributed by atoms with E-state index in [4.69, 9.17) is 11.6 Å². The number of halogens is 1. The van der Waals surface area contributed by atoms with E-state index in [1.54, 1.807) is 11.3 Å². The molecule has 0 atom stereocenters. The van der Waals surface area contributed by atoms with Gasteiger partial charge in [-0.05, 0) is 12.1 Å². The topological polar surface area (TPSA) is 0 Å². The fraction of sp³-hybridized carbons (Fsp3) is 0. The summed E-state index contributed by atoms with van der Waals surface area (Å²) in [5, 5.41) is 2.72. The van der Waals surface area contributed by atoms with Crippen LogP contribution in [0.1, 0.15) is 0 Å². The Labute approximate surface area is 120 Å². The standard InChI is InChI=1S/C10H7ClS2.Na.H/c11-7-5-10(13-6-7)8-3-1-2-4-9(8)12;;/h1-6,12H;;. The molecule has 1 aromatic heterocycles. The third kappa shape index (κ3) is 2.78. The van der Waals surface area contributed by atoms with Crippen LogP contribution in [0.15, 0.2) is 40.6 Å². The summed E-state index contributed by atoms with van der Waals surface area (Å²) in [7, 11) is 0. The van der Waals surface area contributed by atoms with Crippen molar-refractivity contribution in [2.24, 2.45) is 0 Å². The SMILES string of the molecule is Sc1ccccc1-c1cc(Cl)cs1.[NaH]. The monoisotopic (exact) mass is 250 g/mol. The summed E-state index contributed by atoms with van der Waals surface area (Å²) in [6.45, 7) is 0. The Hall–Kier alpha value is 0.560. The van der Waals surface area contributed by atoms with Crippen molar-refractivity contribution in [3.05, 3.63) is 40.7 Å². The van der Waals surface area contributed by atoms with Gasteiger partial charge in [-0.15, -0.1) is 24.0 Å². The van der Waals surface area contributed by atoms with Crippen LogP contribution in [-0.4, -0.2) is 29.6 Å². The Morgan fingerprint density at radius 3 is 2.50 bits per heavy atom. The summed E-state index contributed by atoms with van der Waals surface area (Å²) in [5.41, 5.74) is 1.14. The fourth-order valence-electron chi connectivity index (χ4n) is 1.14. The Balaban J connectivity index is 0.000000980. The minimum atomic E-state index is 0. The zero-order chi connectivity index (χ0) is 9.26. The van der Waals surface area contributed by atoms with Gasteiger partial charge in [-0.3, -0.25) is 0 Å². The maximum absolute atomic E-state index is 5.85.